The van der Waals surface area contributed by atoms with Gasteiger partial charge < -0.3 is 28.4 Å². The fourth-order valence-corrected chi connectivity index (χ4v) is 3.68. The highest BCUT2D eigenvalue weighted by molar-refractivity contribution is 5.64. The largest absolute Gasteiger partial charge is 0.374 e. The lowest BCUT2D eigenvalue weighted by molar-refractivity contribution is 0.0333. The van der Waals surface area contributed by atoms with Crippen LogP contribution in [0.2, 0.25) is 0 Å². The fraction of sp³-hybridized carbons (Fsp3) is 0.727. The van der Waals surface area contributed by atoms with Gasteiger partial charge in [0.1, 0.15) is 26.9 Å². The van der Waals surface area contributed by atoms with Crippen molar-refractivity contribution in [3.05, 3.63) is 29.3 Å². The minimum Gasteiger partial charge on any atom is -0.374 e. The van der Waals surface area contributed by atoms with Crippen LogP contribution in [0.15, 0.2) is 18.2 Å². The zero-order valence-electron chi connectivity index (χ0n) is 29.1. The van der Waals surface area contributed by atoms with E-state index in [0.29, 0.717) is 30.9 Å². The van der Waals surface area contributed by atoms with E-state index < -0.39 is 0 Å². The van der Waals surface area contributed by atoms with Crippen LogP contribution < -0.4 is 9.80 Å². The molecule has 1 heterocycles. The van der Waals surface area contributed by atoms with Crippen LogP contribution in [0.4, 0.5) is 11.9 Å². The molecule has 11 heteroatoms. The monoisotopic (exact) mass is 619 g/mol. The molecule has 0 atom stereocenters. The first-order valence-electron chi connectivity index (χ1n) is 15.8. The number of anilines is 2. The van der Waals surface area contributed by atoms with E-state index >= 15 is 0 Å². The molecular weight excluding hydrogens is 562 g/mol. The summed E-state index contributed by atoms with van der Waals surface area (Å²) in [5.74, 6) is 1.34. The van der Waals surface area contributed by atoms with Crippen LogP contribution in [0.5, 0.6) is 0 Å². The average Bonchev–Trinajstić information content (AvgIpc) is 2.94. The Hall–Kier alpha value is -2.41. The Bertz CT molecular complexity index is 1030. The van der Waals surface area contributed by atoms with Gasteiger partial charge in [-0.25, -0.2) is 0 Å². The predicted molar refractivity (Wildman–Crippen MR) is 174 cm³/mol. The van der Waals surface area contributed by atoms with Crippen molar-refractivity contribution in [3.8, 4) is 11.4 Å². The number of hydrogen-bond donors (Lipinski definition) is 0. The number of aromatic nitrogens is 3. The van der Waals surface area contributed by atoms with E-state index in [1.54, 1.807) is 0 Å². The van der Waals surface area contributed by atoms with Crippen LogP contribution in [0.3, 0.4) is 0 Å². The van der Waals surface area contributed by atoms with E-state index in [2.05, 4.69) is 6.07 Å². The van der Waals surface area contributed by atoms with Crippen LogP contribution in [0.25, 0.3) is 11.4 Å². The van der Waals surface area contributed by atoms with Gasteiger partial charge in [0.05, 0.1) is 49.8 Å². The molecule has 0 bridgehead atoms. The molecule has 0 saturated carbocycles. The molecule has 1 aromatic carbocycles. The Balaban J connectivity index is 2.77. The smallest absolute Gasteiger partial charge is 0.234 e. The molecule has 2 rings (SSSR count). The lowest BCUT2D eigenvalue weighted by Crippen LogP contribution is -2.36. The second-order valence-electron chi connectivity index (χ2n) is 12.4. The Morgan fingerprint density at radius 2 is 0.886 bits per heavy atom. The number of benzene rings is 1. The molecule has 1 aromatic heterocycles. The van der Waals surface area contributed by atoms with Crippen LogP contribution in [-0.4, -0.2) is 78.5 Å². The molecule has 0 aliphatic heterocycles. The highest BCUT2D eigenvalue weighted by atomic mass is 16.5. The molecule has 0 radical (unpaired) electrons. The highest BCUT2D eigenvalue weighted by Gasteiger charge is 2.23. The molecule has 2 aromatic rings. The van der Waals surface area contributed by atoms with Crippen molar-refractivity contribution in [2.75, 3.05) is 36.7 Å². The summed E-state index contributed by atoms with van der Waals surface area (Å²) >= 11 is 0. The van der Waals surface area contributed by atoms with E-state index in [1.807, 2.05) is 105 Å². The summed E-state index contributed by atoms with van der Waals surface area (Å²) in [5, 5.41) is 0. The summed E-state index contributed by atoms with van der Waals surface area (Å²) in [7, 11) is 0. The lowest BCUT2D eigenvalue weighted by atomic mass is 10.0. The second kappa shape index (κ2) is 19.2. The molecule has 250 valence electrons. The third kappa shape index (κ3) is 13.7. The Morgan fingerprint density at radius 3 is 1.27 bits per heavy atom. The molecule has 0 N–H and O–H groups in total. The topological polar surface area (TPSA) is 101 Å². The number of rotatable bonds is 21. The zero-order valence-corrected chi connectivity index (χ0v) is 29.1. The molecule has 0 amide bonds. The summed E-state index contributed by atoms with van der Waals surface area (Å²) in [4.78, 5) is 18.6. The standard InChI is InChI=1S/C33H57N5O6/c1-22(2)39-16-28-14-13-15-29(30(28)17-40-23(3)4)31-34-32(37(18-41-24(5)6)19-42-25(7)8)36-33(35-31)38(20-43-26(9)10)21-44-27(11)12/h13-15,22-27H,16-21H2,1-12H3. The number of hydrogen-bond acceptors (Lipinski definition) is 11. The third-order valence-electron chi connectivity index (χ3n) is 6.08. The number of ether oxygens (including phenoxy) is 6. The summed E-state index contributed by atoms with van der Waals surface area (Å²) < 4.78 is 36.2. The van der Waals surface area contributed by atoms with Gasteiger partial charge in [0.2, 0.25) is 11.9 Å². The predicted octanol–water partition coefficient (Wildman–Crippen LogP) is 6.53. The maximum Gasteiger partial charge on any atom is 0.234 e. The zero-order chi connectivity index (χ0) is 32.8. The van der Waals surface area contributed by atoms with Crippen molar-refractivity contribution in [2.45, 2.75) is 133 Å². The molecule has 0 spiro atoms. The molecule has 11 nitrogen and oxygen atoms in total. The minimum absolute atomic E-state index is 0.00475. The van der Waals surface area contributed by atoms with Crippen molar-refractivity contribution in [2.24, 2.45) is 0 Å². The first kappa shape index (κ1) is 37.8. The SMILES string of the molecule is CC(C)OCc1cccc(-c2nc(N(COC(C)C)COC(C)C)nc(N(COC(C)C)COC(C)C)n2)c1COC(C)C. The molecule has 0 aliphatic rings. The summed E-state index contributed by atoms with van der Waals surface area (Å²) in [6.07, 6.45) is 0.143. The fourth-order valence-electron chi connectivity index (χ4n) is 3.68. The summed E-state index contributed by atoms with van der Waals surface area (Å²) in [6.45, 7) is 25.8. The van der Waals surface area contributed by atoms with Gasteiger partial charge in [0.25, 0.3) is 0 Å². The van der Waals surface area contributed by atoms with Gasteiger partial charge in [-0.3, -0.25) is 9.80 Å². The lowest BCUT2D eigenvalue weighted by Gasteiger charge is -2.28. The first-order chi connectivity index (χ1) is 20.8. The summed E-state index contributed by atoms with van der Waals surface area (Å²) in [5.41, 5.74) is 2.83. The maximum absolute atomic E-state index is 6.12. The van der Waals surface area contributed by atoms with Crippen LogP contribution in [0, 0.1) is 0 Å². The molecule has 0 unspecified atom stereocenters. The minimum atomic E-state index is 0.00475. The Kier molecular flexibility index (Phi) is 16.5. The van der Waals surface area contributed by atoms with Crippen molar-refractivity contribution in [3.63, 3.8) is 0 Å². The Morgan fingerprint density at radius 1 is 0.500 bits per heavy atom. The van der Waals surface area contributed by atoms with Crippen LogP contribution >= 0.6 is 0 Å². The quantitative estimate of drug-likeness (QED) is 0.143. The van der Waals surface area contributed by atoms with Gasteiger partial charge >= 0.3 is 0 Å². The van der Waals surface area contributed by atoms with E-state index in [1.165, 1.54) is 0 Å². The van der Waals surface area contributed by atoms with Gasteiger partial charge in [0, 0.05) is 5.56 Å². The molecule has 0 fully saturated rings. The average molecular weight is 620 g/mol. The van der Waals surface area contributed by atoms with E-state index in [9.17, 15) is 0 Å². The van der Waals surface area contributed by atoms with Crippen LogP contribution in [-0.2, 0) is 41.6 Å². The van der Waals surface area contributed by atoms with Crippen molar-refractivity contribution < 1.29 is 28.4 Å². The van der Waals surface area contributed by atoms with Gasteiger partial charge in [-0.05, 0) is 94.2 Å². The second-order valence-corrected chi connectivity index (χ2v) is 12.4. The van der Waals surface area contributed by atoms with E-state index in [4.69, 9.17) is 43.4 Å². The van der Waals surface area contributed by atoms with E-state index in [-0.39, 0.29) is 63.5 Å². The van der Waals surface area contributed by atoms with Gasteiger partial charge in [-0.2, -0.15) is 15.0 Å². The van der Waals surface area contributed by atoms with E-state index in [0.717, 1.165) is 16.7 Å². The maximum atomic E-state index is 6.12. The van der Waals surface area contributed by atoms with Gasteiger partial charge in [-0.1, -0.05) is 18.2 Å². The van der Waals surface area contributed by atoms with Crippen molar-refractivity contribution in [1.29, 1.82) is 0 Å². The van der Waals surface area contributed by atoms with Gasteiger partial charge in [0.15, 0.2) is 5.82 Å². The summed E-state index contributed by atoms with van der Waals surface area (Å²) in [6, 6.07) is 6.08. The highest BCUT2D eigenvalue weighted by Crippen LogP contribution is 2.29. The molecule has 0 aliphatic carbocycles. The Labute approximate surface area is 265 Å². The molecule has 0 saturated heterocycles. The van der Waals surface area contributed by atoms with Crippen LogP contribution in [0.1, 0.15) is 94.2 Å². The normalized spacial score (nSPS) is 12.1. The molecular formula is C33H57N5O6. The first-order valence-corrected chi connectivity index (χ1v) is 15.8. The third-order valence-corrected chi connectivity index (χ3v) is 6.08. The number of nitrogens with zero attached hydrogens (tertiary/aromatic N) is 5. The van der Waals surface area contributed by atoms with Crippen molar-refractivity contribution >= 4 is 11.9 Å². The molecule has 44 heavy (non-hydrogen) atoms. The van der Waals surface area contributed by atoms with Crippen molar-refractivity contribution in [1.82, 2.24) is 15.0 Å². The van der Waals surface area contributed by atoms with Gasteiger partial charge in [-0.15, -0.1) is 0 Å².